The molecule has 0 amide bonds. The number of hydrogen-bond donors (Lipinski definition) is 0. The molecule has 1 aromatic rings. The highest BCUT2D eigenvalue weighted by molar-refractivity contribution is 5.94. The first kappa shape index (κ1) is 11.2. The maximum atomic E-state index is 11.5. The molecule has 0 N–H and O–H groups in total. The second kappa shape index (κ2) is 4.69. The molecular formula is C14H13O2. The third-order valence-corrected chi connectivity index (χ3v) is 2.61. The van der Waals surface area contributed by atoms with Gasteiger partial charge in [0.1, 0.15) is 0 Å². The minimum absolute atomic E-state index is 0.278. The van der Waals surface area contributed by atoms with Crippen molar-refractivity contribution in [3.8, 4) is 0 Å². The van der Waals surface area contributed by atoms with Gasteiger partial charge in [-0.05, 0) is 24.3 Å². The minimum Gasteiger partial charge on any atom is -0.469 e. The van der Waals surface area contributed by atoms with Crippen LogP contribution in [-0.2, 0) is 9.53 Å². The Hall–Kier alpha value is -1.31. The van der Waals surface area contributed by atoms with Gasteiger partial charge in [-0.1, -0.05) is 37.3 Å². The number of rotatable bonds is 2. The van der Waals surface area contributed by atoms with Gasteiger partial charge in [0.15, 0.2) is 0 Å². The summed E-state index contributed by atoms with van der Waals surface area (Å²) in [4.78, 5) is 11.5. The molecule has 0 aliphatic heterocycles. The van der Waals surface area contributed by atoms with Crippen LogP contribution in [0.4, 0.5) is 0 Å². The molecule has 0 atom stereocenters. The van der Waals surface area contributed by atoms with Gasteiger partial charge in [-0.15, -0.1) is 0 Å². The van der Waals surface area contributed by atoms with Crippen LogP contribution in [0.25, 0.3) is 0 Å². The van der Waals surface area contributed by atoms with Crippen LogP contribution in [-0.4, -0.2) is 13.1 Å². The summed E-state index contributed by atoms with van der Waals surface area (Å²) in [6, 6.07) is 9.98. The van der Waals surface area contributed by atoms with Crippen molar-refractivity contribution < 1.29 is 9.53 Å². The summed E-state index contributed by atoms with van der Waals surface area (Å²) < 4.78 is 4.73. The molecule has 2 heteroatoms. The Morgan fingerprint density at radius 3 is 2.44 bits per heavy atom. The lowest BCUT2D eigenvalue weighted by Crippen LogP contribution is -2.15. The number of hydrogen-bond acceptors (Lipinski definition) is 2. The molecule has 1 saturated carbocycles. The lowest BCUT2D eigenvalue weighted by molar-refractivity contribution is -0.137. The second-order valence-electron chi connectivity index (χ2n) is 3.70. The summed E-state index contributed by atoms with van der Waals surface area (Å²) in [7, 11) is 1.40. The predicted molar refractivity (Wildman–Crippen MR) is 61.6 cm³/mol. The molecule has 2 nitrogen and oxygen atoms in total. The minimum atomic E-state index is -0.278. The van der Waals surface area contributed by atoms with Crippen molar-refractivity contribution in [3.63, 3.8) is 0 Å². The van der Waals surface area contributed by atoms with Crippen LogP contribution in [0.2, 0.25) is 0 Å². The normalized spacial score (nSPS) is 18.9. The Morgan fingerprint density at radius 1 is 1.12 bits per heavy atom. The van der Waals surface area contributed by atoms with Crippen molar-refractivity contribution in [1.29, 1.82) is 0 Å². The molecular weight excluding hydrogens is 200 g/mol. The van der Waals surface area contributed by atoms with Crippen LogP contribution in [0.3, 0.4) is 0 Å². The molecule has 0 aromatic heterocycles. The van der Waals surface area contributed by atoms with Gasteiger partial charge >= 0.3 is 5.97 Å². The van der Waals surface area contributed by atoms with E-state index in [1.165, 1.54) is 7.11 Å². The van der Waals surface area contributed by atoms with Crippen LogP contribution in [0.1, 0.15) is 12.5 Å². The number of esters is 1. The third kappa shape index (κ3) is 2.11. The number of ether oxygens (including phenoxy) is 1. The quantitative estimate of drug-likeness (QED) is 0.705. The van der Waals surface area contributed by atoms with Gasteiger partial charge in [-0.3, -0.25) is 4.79 Å². The van der Waals surface area contributed by atoms with Crippen molar-refractivity contribution in [3.05, 3.63) is 66.5 Å². The lowest BCUT2D eigenvalue weighted by atomic mass is 9.96. The molecule has 16 heavy (non-hydrogen) atoms. The molecule has 5 radical (unpaired) electrons. The van der Waals surface area contributed by atoms with Crippen LogP contribution < -0.4 is 0 Å². The second-order valence-corrected chi connectivity index (χ2v) is 3.70. The first-order chi connectivity index (χ1) is 7.72. The number of benzene rings is 1. The zero-order valence-corrected chi connectivity index (χ0v) is 9.36. The van der Waals surface area contributed by atoms with Gasteiger partial charge in [0.05, 0.1) is 13.0 Å². The Labute approximate surface area is 96.6 Å². The van der Waals surface area contributed by atoms with Gasteiger partial charge in [-0.25, -0.2) is 0 Å². The summed E-state index contributed by atoms with van der Waals surface area (Å²) >= 11 is 0. The zero-order chi connectivity index (χ0) is 11.5. The monoisotopic (exact) mass is 213 g/mol. The van der Waals surface area contributed by atoms with Gasteiger partial charge in [0, 0.05) is 5.92 Å². The van der Waals surface area contributed by atoms with Crippen LogP contribution in [0.5, 0.6) is 0 Å². The molecule has 1 fully saturated rings. The average molecular weight is 213 g/mol. The van der Waals surface area contributed by atoms with E-state index < -0.39 is 0 Å². The van der Waals surface area contributed by atoms with E-state index in [1.807, 2.05) is 50.1 Å². The van der Waals surface area contributed by atoms with E-state index in [4.69, 9.17) is 4.74 Å². The zero-order valence-electron chi connectivity index (χ0n) is 9.36. The lowest BCUT2D eigenvalue weighted by Gasteiger charge is -2.09. The van der Waals surface area contributed by atoms with Crippen molar-refractivity contribution in [1.82, 2.24) is 0 Å². The number of carbonyl (C=O) groups excluding carboxylic acids is 1. The van der Waals surface area contributed by atoms with Crippen LogP contribution in [0, 0.1) is 30.6 Å². The van der Waals surface area contributed by atoms with Gasteiger partial charge in [0.25, 0.3) is 0 Å². The number of methoxy groups -OCH3 is 1. The van der Waals surface area contributed by atoms with Crippen molar-refractivity contribution in [2.75, 3.05) is 7.11 Å². The molecule has 1 aliphatic carbocycles. The van der Waals surface area contributed by atoms with Crippen molar-refractivity contribution >= 4 is 5.97 Å². The molecule has 0 bridgehead atoms. The Bertz CT molecular complexity index is 358. The van der Waals surface area contributed by atoms with Gasteiger partial charge in [0.2, 0.25) is 0 Å². The predicted octanol–water partition coefficient (Wildman–Crippen LogP) is 2.37. The van der Waals surface area contributed by atoms with Crippen molar-refractivity contribution in [2.45, 2.75) is 6.92 Å². The van der Waals surface area contributed by atoms with Gasteiger partial charge < -0.3 is 4.74 Å². The maximum absolute atomic E-state index is 11.5. The van der Waals surface area contributed by atoms with E-state index in [0.717, 1.165) is 17.4 Å². The fraction of sp³-hybridized carbons (Fsp3) is 0.143. The van der Waals surface area contributed by atoms with E-state index in [-0.39, 0.29) is 5.97 Å². The summed E-state index contributed by atoms with van der Waals surface area (Å²) in [5.41, 5.74) is 1.11. The van der Waals surface area contributed by atoms with Crippen LogP contribution >= 0.6 is 0 Å². The standard InChI is InChI=1S/C14H13O2/c1-10-8-12(9-13(10)14(15)16-2)11-6-4-3-5-7-11/h3-9H,1-2H3. The Kier molecular flexibility index (Phi) is 3.28. The van der Waals surface area contributed by atoms with Crippen LogP contribution in [0.15, 0.2) is 30.3 Å². The third-order valence-electron chi connectivity index (χ3n) is 2.61. The summed E-state index contributed by atoms with van der Waals surface area (Å²) in [5.74, 6) is 2.37. The summed E-state index contributed by atoms with van der Waals surface area (Å²) in [6.07, 6.45) is 3.87. The van der Waals surface area contributed by atoms with E-state index in [1.54, 1.807) is 0 Å². The number of carbonyl (C=O) groups is 1. The van der Waals surface area contributed by atoms with E-state index in [9.17, 15) is 4.79 Å². The fourth-order valence-electron chi connectivity index (χ4n) is 1.75. The highest BCUT2D eigenvalue weighted by Crippen LogP contribution is 2.42. The molecule has 81 valence electrons. The Balaban J connectivity index is 2.10. The first-order valence-electron chi connectivity index (χ1n) is 5.13. The molecule has 0 heterocycles. The first-order valence-corrected chi connectivity index (χ1v) is 5.13. The van der Waals surface area contributed by atoms with E-state index >= 15 is 0 Å². The maximum Gasteiger partial charge on any atom is 0.313 e. The summed E-state index contributed by atoms with van der Waals surface area (Å²) in [6.45, 7) is 1.92. The van der Waals surface area contributed by atoms with Crippen molar-refractivity contribution in [2.24, 2.45) is 0 Å². The van der Waals surface area contributed by atoms with E-state index in [2.05, 4.69) is 0 Å². The molecule has 1 aromatic carbocycles. The molecule has 0 spiro atoms. The smallest absolute Gasteiger partial charge is 0.313 e. The Morgan fingerprint density at radius 2 is 1.81 bits per heavy atom. The molecule has 0 unspecified atom stereocenters. The van der Waals surface area contributed by atoms with E-state index in [0.29, 0.717) is 5.92 Å². The molecule has 1 aliphatic rings. The summed E-state index contributed by atoms with van der Waals surface area (Å²) in [5, 5.41) is 0. The SMILES string of the molecule is COC(=O)[C]1[CH][C](c2ccccc2)[CH][C]1C. The largest absolute Gasteiger partial charge is 0.469 e. The highest BCUT2D eigenvalue weighted by Gasteiger charge is 2.39. The fourth-order valence-corrected chi connectivity index (χ4v) is 1.75. The molecule has 0 saturated heterocycles. The van der Waals surface area contributed by atoms with Gasteiger partial charge in [-0.2, -0.15) is 0 Å². The average Bonchev–Trinajstić information content (AvgIpc) is 2.71. The topological polar surface area (TPSA) is 26.3 Å². The molecule has 2 rings (SSSR count). The highest BCUT2D eigenvalue weighted by atomic mass is 16.5.